The Hall–Kier alpha value is -3.63. The molecule has 2 N–H and O–H groups in total. The standard InChI is InChI=1S/C19H18F3N5O3/c1-11-14(12(2)30-26-11)6-8-23-17(28)18(29)25-16-5-4-13(27-9-3-7-24-27)10-15(16)19(20,21)22/h3-5,7,9-10H,6,8H2,1-2H3,(H,23,28)(H,25,29). The van der Waals surface area contributed by atoms with Crippen molar-refractivity contribution in [1.29, 1.82) is 0 Å². The first-order valence-electron chi connectivity index (χ1n) is 8.89. The first kappa shape index (κ1) is 21.1. The fraction of sp³-hybridized carbons (Fsp3) is 0.263. The summed E-state index contributed by atoms with van der Waals surface area (Å²) in [7, 11) is 0. The molecule has 0 aliphatic rings. The van der Waals surface area contributed by atoms with Gasteiger partial charge in [-0.15, -0.1) is 0 Å². The predicted molar refractivity (Wildman–Crippen MR) is 99.9 cm³/mol. The van der Waals surface area contributed by atoms with Gasteiger partial charge >= 0.3 is 18.0 Å². The van der Waals surface area contributed by atoms with E-state index in [0.29, 0.717) is 17.9 Å². The summed E-state index contributed by atoms with van der Waals surface area (Å²) in [5.41, 5.74) is 0.00783. The van der Waals surface area contributed by atoms with Crippen LogP contribution in [0.15, 0.2) is 41.2 Å². The Morgan fingerprint density at radius 2 is 1.97 bits per heavy atom. The van der Waals surface area contributed by atoms with Crippen molar-refractivity contribution in [2.75, 3.05) is 11.9 Å². The molecular formula is C19H18F3N5O3. The molecule has 0 saturated heterocycles. The van der Waals surface area contributed by atoms with Gasteiger partial charge in [0.1, 0.15) is 5.76 Å². The third-order valence-corrected chi connectivity index (χ3v) is 4.37. The van der Waals surface area contributed by atoms with Crippen molar-refractivity contribution in [3.05, 3.63) is 59.2 Å². The van der Waals surface area contributed by atoms with Gasteiger partial charge in [0, 0.05) is 24.5 Å². The van der Waals surface area contributed by atoms with Crippen LogP contribution in [0.3, 0.4) is 0 Å². The molecule has 0 spiro atoms. The van der Waals surface area contributed by atoms with Crippen LogP contribution in [0.1, 0.15) is 22.6 Å². The SMILES string of the molecule is Cc1noc(C)c1CCNC(=O)C(=O)Nc1ccc(-n2cccn2)cc1C(F)(F)F. The molecule has 0 saturated carbocycles. The normalized spacial score (nSPS) is 11.4. The summed E-state index contributed by atoms with van der Waals surface area (Å²) < 4.78 is 46.6. The zero-order valence-electron chi connectivity index (χ0n) is 16.1. The number of anilines is 1. The second kappa shape index (κ2) is 8.39. The maximum absolute atomic E-state index is 13.5. The predicted octanol–water partition coefficient (Wildman–Crippen LogP) is 2.79. The van der Waals surface area contributed by atoms with Gasteiger partial charge in [0.15, 0.2) is 0 Å². The van der Waals surface area contributed by atoms with Crippen molar-refractivity contribution >= 4 is 17.5 Å². The molecule has 0 fully saturated rings. The van der Waals surface area contributed by atoms with Crippen LogP contribution in [-0.2, 0) is 22.2 Å². The lowest BCUT2D eigenvalue weighted by Crippen LogP contribution is -2.37. The van der Waals surface area contributed by atoms with Gasteiger partial charge in [0.2, 0.25) is 0 Å². The topological polar surface area (TPSA) is 102 Å². The third-order valence-electron chi connectivity index (χ3n) is 4.37. The molecule has 3 rings (SSSR count). The number of benzene rings is 1. The van der Waals surface area contributed by atoms with E-state index in [-0.39, 0.29) is 12.2 Å². The van der Waals surface area contributed by atoms with Gasteiger partial charge in [-0.1, -0.05) is 5.16 Å². The van der Waals surface area contributed by atoms with Gasteiger partial charge < -0.3 is 15.2 Å². The molecule has 0 aliphatic carbocycles. The largest absolute Gasteiger partial charge is 0.418 e. The second-order valence-electron chi connectivity index (χ2n) is 6.44. The van der Waals surface area contributed by atoms with E-state index >= 15 is 0 Å². The molecule has 0 bridgehead atoms. The highest BCUT2D eigenvalue weighted by Crippen LogP contribution is 2.36. The van der Waals surface area contributed by atoms with E-state index in [4.69, 9.17) is 4.52 Å². The van der Waals surface area contributed by atoms with Gasteiger partial charge in [-0.2, -0.15) is 18.3 Å². The first-order chi connectivity index (χ1) is 14.2. The lowest BCUT2D eigenvalue weighted by Gasteiger charge is -2.15. The fourth-order valence-corrected chi connectivity index (χ4v) is 2.86. The van der Waals surface area contributed by atoms with Crippen molar-refractivity contribution in [2.24, 2.45) is 0 Å². The molecule has 2 aromatic heterocycles. The minimum atomic E-state index is -4.74. The number of aryl methyl sites for hydroxylation is 2. The quantitative estimate of drug-likeness (QED) is 0.617. The van der Waals surface area contributed by atoms with Crippen molar-refractivity contribution in [2.45, 2.75) is 26.4 Å². The van der Waals surface area contributed by atoms with Crippen LogP contribution < -0.4 is 10.6 Å². The highest BCUT2D eigenvalue weighted by Gasteiger charge is 2.35. The number of carbonyl (C=O) groups is 2. The second-order valence-corrected chi connectivity index (χ2v) is 6.44. The molecule has 2 heterocycles. The van der Waals surface area contributed by atoms with E-state index in [9.17, 15) is 22.8 Å². The van der Waals surface area contributed by atoms with Crippen molar-refractivity contribution in [3.63, 3.8) is 0 Å². The molecule has 158 valence electrons. The molecule has 0 atom stereocenters. The number of aromatic nitrogens is 3. The number of amides is 2. The van der Waals surface area contributed by atoms with Gasteiger partial charge in [-0.3, -0.25) is 9.59 Å². The molecule has 0 unspecified atom stereocenters. The molecule has 11 heteroatoms. The third kappa shape index (κ3) is 4.67. The maximum Gasteiger partial charge on any atom is 0.418 e. The number of hydrogen-bond acceptors (Lipinski definition) is 5. The molecule has 0 aliphatic heterocycles. The van der Waals surface area contributed by atoms with Gasteiger partial charge in [-0.05, 0) is 44.5 Å². The Balaban J connectivity index is 1.68. The van der Waals surface area contributed by atoms with Gasteiger partial charge in [0.05, 0.1) is 22.6 Å². The smallest absolute Gasteiger partial charge is 0.361 e. The van der Waals surface area contributed by atoms with Crippen LogP contribution in [0.2, 0.25) is 0 Å². The maximum atomic E-state index is 13.5. The monoisotopic (exact) mass is 421 g/mol. The molecule has 0 radical (unpaired) electrons. The summed E-state index contributed by atoms with van der Waals surface area (Å²) in [6.07, 6.45) is -1.46. The highest BCUT2D eigenvalue weighted by molar-refractivity contribution is 6.39. The lowest BCUT2D eigenvalue weighted by atomic mass is 10.1. The van der Waals surface area contributed by atoms with E-state index in [0.717, 1.165) is 17.7 Å². The van der Waals surface area contributed by atoms with Crippen LogP contribution in [0.4, 0.5) is 18.9 Å². The number of nitrogens with one attached hydrogen (secondary N) is 2. The summed E-state index contributed by atoms with van der Waals surface area (Å²) in [5.74, 6) is -1.66. The Bertz CT molecular complexity index is 1040. The lowest BCUT2D eigenvalue weighted by molar-refractivity contribution is -0.138. The molecule has 2 amide bonds. The van der Waals surface area contributed by atoms with Crippen molar-refractivity contribution < 1.29 is 27.3 Å². The Morgan fingerprint density at radius 1 is 1.20 bits per heavy atom. The van der Waals surface area contributed by atoms with Crippen molar-refractivity contribution in [1.82, 2.24) is 20.3 Å². The minimum absolute atomic E-state index is 0.0967. The zero-order valence-corrected chi connectivity index (χ0v) is 16.1. The molecular weight excluding hydrogens is 403 g/mol. The molecule has 3 aromatic rings. The van der Waals surface area contributed by atoms with E-state index < -0.39 is 29.2 Å². The summed E-state index contributed by atoms with van der Waals surface area (Å²) in [4.78, 5) is 24.1. The summed E-state index contributed by atoms with van der Waals surface area (Å²) in [5, 5.41) is 12.1. The fourth-order valence-electron chi connectivity index (χ4n) is 2.86. The van der Waals surface area contributed by atoms with E-state index in [1.165, 1.54) is 23.1 Å². The summed E-state index contributed by atoms with van der Waals surface area (Å²) in [6.45, 7) is 3.56. The summed E-state index contributed by atoms with van der Waals surface area (Å²) in [6, 6.07) is 4.84. The molecule has 1 aromatic carbocycles. The first-order valence-corrected chi connectivity index (χ1v) is 8.89. The van der Waals surface area contributed by atoms with Crippen LogP contribution in [-0.4, -0.2) is 33.3 Å². The van der Waals surface area contributed by atoms with Crippen LogP contribution in [0.5, 0.6) is 0 Å². The zero-order chi connectivity index (χ0) is 21.9. The van der Waals surface area contributed by atoms with E-state index in [1.54, 1.807) is 19.9 Å². The van der Waals surface area contributed by atoms with Crippen molar-refractivity contribution in [3.8, 4) is 5.69 Å². The van der Waals surface area contributed by atoms with Gasteiger partial charge in [0.25, 0.3) is 0 Å². The summed E-state index contributed by atoms with van der Waals surface area (Å²) >= 11 is 0. The van der Waals surface area contributed by atoms with Crippen LogP contribution in [0.25, 0.3) is 5.69 Å². The van der Waals surface area contributed by atoms with E-state index in [1.807, 2.05) is 5.32 Å². The number of hydrogen-bond donors (Lipinski definition) is 2. The van der Waals surface area contributed by atoms with Gasteiger partial charge in [-0.25, -0.2) is 4.68 Å². The number of alkyl halides is 3. The number of nitrogens with zero attached hydrogens (tertiary/aromatic N) is 3. The van der Waals surface area contributed by atoms with E-state index in [2.05, 4.69) is 15.6 Å². The Kier molecular flexibility index (Phi) is 5.90. The van der Waals surface area contributed by atoms with Crippen LogP contribution >= 0.6 is 0 Å². The molecule has 30 heavy (non-hydrogen) atoms. The molecule has 8 nitrogen and oxygen atoms in total. The number of carbonyl (C=O) groups excluding carboxylic acids is 2. The Morgan fingerprint density at radius 3 is 2.57 bits per heavy atom. The number of halogens is 3. The Labute approximate surface area is 169 Å². The van der Waals surface area contributed by atoms with Crippen LogP contribution in [0, 0.1) is 13.8 Å². The number of rotatable bonds is 5. The average molecular weight is 421 g/mol. The highest BCUT2D eigenvalue weighted by atomic mass is 19.4. The minimum Gasteiger partial charge on any atom is -0.361 e. The average Bonchev–Trinajstić information content (AvgIpc) is 3.33.